The third kappa shape index (κ3) is 3.27. The quantitative estimate of drug-likeness (QED) is 0.738. The molecular formula is C19H21N3O. The predicted octanol–water partition coefficient (Wildman–Crippen LogP) is 3.64. The fourth-order valence-electron chi connectivity index (χ4n) is 3.34. The van der Waals surface area contributed by atoms with Crippen LogP contribution in [0.5, 0.6) is 0 Å². The van der Waals surface area contributed by atoms with E-state index in [1.165, 1.54) is 6.42 Å². The Labute approximate surface area is 136 Å². The van der Waals surface area contributed by atoms with Crippen LogP contribution in [0.15, 0.2) is 53.1 Å². The molecule has 3 aromatic rings. The highest BCUT2D eigenvalue weighted by Gasteiger charge is 2.25. The molecule has 1 aliphatic heterocycles. The molecule has 1 saturated heterocycles. The summed E-state index contributed by atoms with van der Waals surface area (Å²) in [5, 5.41) is 0. The molecule has 1 aromatic carbocycles. The van der Waals surface area contributed by atoms with E-state index in [4.69, 9.17) is 4.42 Å². The normalized spacial score (nSPS) is 19.2. The van der Waals surface area contributed by atoms with Crippen LogP contribution in [0, 0.1) is 0 Å². The van der Waals surface area contributed by atoms with Crippen molar-refractivity contribution in [3.05, 3.63) is 60.2 Å². The second-order valence-corrected chi connectivity index (χ2v) is 6.23. The van der Waals surface area contributed by atoms with Crippen LogP contribution in [0.3, 0.4) is 0 Å². The lowest BCUT2D eigenvalue weighted by atomic mass is 9.98. The fourth-order valence-corrected chi connectivity index (χ4v) is 3.34. The van der Waals surface area contributed by atoms with E-state index in [1.807, 2.05) is 36.5 Å². The van der Waals surface area contributed by atoms with Gasteiger partial charge in [0.05, 0.1) is 0 Å². The predicted molar refractivity (Wildman–Crippen MR) is 90.4 cm³/mol. The molecule has 0 aliphatic carbocycles. The SMILES string of the molecule is c1ccc(CCN2CCCC(c3nc4ccccc4o3)C2)nc1. The number of pyridine rings is 1. The maximum absolute atomic E-state index is 5.97. The van der Waals surface area contributed by atoms with Gasteiger partial charge in [-0.05, 0) is 43.7 Å². The van der Waals surface area contributed by atoms with Crippen molar-refractivity contribution in [2.45, 2.75) is 25.2 Å². The molecule has 4 rings (SSSR count). The van der Waals surface area contributed by atoms with E-state index in [0.29, 0.717) is 5.92 Å². The van der Waals surface area contributed by atoms with Crippen molar-refractivity contribution in [3.63, 3.8) is 0 Å². The summed E-state index contributed by atoms with van der Waals surface area (Å²) in [4.78, 5) is 11.6. The number of likely N-dealkylation sites (tertiary alicyclic amines) is 1. The van der Waals surface area contributed by atoms with E-state index in [9.17, 15) is 0 Å². The Morgan fingerprint density at radius 3 is 2.91 bits per heavy atom. The number of oxazole rings is 1. The molecule has 0 amide bonds. The van der Waals surface area contributed by atoms with E-state index < -0.39 is 0 Å². The Kier molecular flexibility index (Phi) is 4.07. The van der Waals surface area contributed by atoms with Crippen molar-refractivity contribution >= 4 is 11.1 Å². The third-order valence-corrected chi connectivity index (χ3v) is 4.58. The monoisotopic (exact) mass is 307 g/mol. The average molecular weight is 307 g/mol. The molecule has 0 N–H and O–H groups in total. The summed E-state index contributed by atoms with van der Waals surface area (Å²) >= 11 is 0. The van der Waals surface area contributed by atoms with Crippen LogP contribution in [-0.2, 0) is 6.42 Å². The zero-order chi connectivity index (χ0) is 15.5. The molecule has 3 heterocycles. The Bertz CT molecular complexity index is 735. The van der Waals surface area contributed by atoms with Gasteiger partial charge < -0.3 is 9.32 Å². The molecule has 0 spiro atoms. The first-order valence-electron chi connectivity index (χ1n) is 8.36. The molecular weight excluding hydrogens is 286 g/mol. The molecule has 4 nitrogen and oxygen atoms in total. The van der Waals surface area contributed by atoms with Gasteiger partial charge in [0.2, 0.25) is 0 Å². The van der Waals surface area contributed by atoms with Gasteiger partial charge in [-0.1, -0.05) is 18.2 Å². The van der Waals surface area contributed by atoms with E-state index >= 15 is 0 Å². The number of benzene rings is 1. The number of nitrogens with zero attached hydrogens (tertiary/aromatic N) is 3. The Hall–Kier alpha value is -2.20. The first-order valence-corrected chi connectivity index (χ1v) is 8.36. The molecule has 1 fully saturated rings. The first-order chi connectivity index (χ1) is 11.4. The van der Waals surface area contributed by atoms with Crippen LogP contribution < -0.4 is 0 Å². The Morgan fingerprint density at radius 1 is 1.13 bits per heavy atom. The smallest absolute Gasteiger partial charge is 0.199 e. The van der Waals surface area contributed by atoms with E-state index in [2.05, 4.69) is 27.0 Å². The minimum atomic E-state index is 0.403. The topological polar surface area (TPSA) is 42.2 Å². The van der Waals surface area contributed by atoms with E-state index in [-0.39, 0.29) is 0 Å². The second kappa shape index (κ2) is 6.50. The maximum Gasteiger partial charge on any atom is 0.199 e. The summed E-state index contributed by atoms with van der Waals surface area (Å²) in [7, 11) is 0. The van der Waals surface area contributed by atoms with Gasteiger partial charge in [0.1, 0.15) is 5.52 Å². The van der Waals surface area contributed by atoms with Gasteiger partial charge in [-0.15, -0.1) is 0 Å². The van der Waals surface area contributed by atoms with Crippen molar-refractivity contribution in [3.8, 4) is 0 Å². The summed E-state index contributed by atoms with van der Waals surface area (Å²) in [6, 6.07) is 14.1. The molecule has 1 unspecified atom stereocenters. The molecule has 4 heteroatoms. The molecule has 118 valence electrons. The van der Waals surface area contributed by atoms with Crippen LogP contribution >= 0.6 is 0 Å². The second-order valence-electron chi connectivity index (χ2n) is 6.23. The molecule has 1 atom stereocenters. The zero-order valence-corrected chi connectivity index (χ0v) is 13.2. The number of fused-ring (bicyclic) bond motifs is 1. The average Bonchev–Trinajstić information content (AvgIpc) is 3.05. The van der Waals surface area contributed by atoms with E-state index in [0.717, 1.165) is 55.2 Å². The van der Waals surface area contributed by atoms with Gasteiger partial charge in [0, 0.05) is 37.3 Å². The van der Waals surface area contributed by atoms with Crippen LogP contribution in [0.25, 0.3) is 11.1 Å². The van der Waals surface area contributed by atoms with Gasteiger partial charge in [-0.25, -0.2) is 4.98 Å². The Balaban J connectivity index is 1.42. The van der Waals surface area contributed by atoms with Gasteiger partial charge in [0.15, 0.2) is 11.5 Å². The molecule has 0 bridgehead atoms. The summed E-state index contributed by atoms with van der Waals surface area (Å²) in [6.45, 7) is 3.23. The summed E-state index contributed by atoms with van der Waals surface area (Å²) < 4.78 is 5.97. The highest BCUT2D eigenvalue weighted by Crippen LogP contribution is 2.28. The highest BCUT2D eigenvalue weighted by atomic mass is 16.3. The standard InChI is InChI=1S/C19H21N3O/c1-2-9-18-17(8-1)21-19(23-18)15-6-5-12-22(14-15)13-10-16-7-3-4-11-20-16/h1-4,7-9,11,15H,5-6,10,12-14H2. The molecule has 23 heavy (non-hydrogen) atoms. The number of rotatable bonds is 4. The lowest BCUT2D eigenvalue weighted by Crippen LogP contribution is -2.36. The van der Waals surface area contributed by atoms with E-state index in [1.54, 1.807) is 0 Å². The number of hydrogen-bond donors (Lipinski definition) is 0. The summed E-state index contributed by atoms with van der Waals surface area (Å²) in [6.07, 6.45) is 5.23. The number of para-hydroxylation sites is 2. The van der Waals surface area contributed by atoms with Gasteiger partial charge >= 0.3 is 0 Å². The number of piperidine rings is 1. The minimum Gasteiger partial charge on any atom is -0.440 e. The van der Waals surface area contributed by atoms with Gasteiger partial charge in [0.25, 0.3) is 0 Å². The lowest BCUT2D eigenvalue weighted by molar-refractivity contribution is 0.196. The van der Waals surface area contributed by atoms with Crippen molar-refractivity contribution < 1.29 is 4.42 Å². The fraction of sp³-hybridized carbons (Fsp3) is 0.368. The molecule has 1 aliphatic rings. The molecule has 0 saturated carbocycles. The van der Waals surface area contributed by atoms with Crippen LogP contribution in [0.1, 0.15) is 30.3 Å². The number of aromatic nitrogens is 2. The molecule has 2 aromatic heterocycles. The Morgan fingerprint density at radius 2 is 2.04 bits per heavy atom. The van der Waals surface area contributed by atoms with Crippen molar-refractivity contribution in [2.24, 2.45) is 0 Å². The molecule has 0 radical (unpaired) electrons. The zero-order valence-electron chi connectivity index (χ0n) is 13.2. The van der Waals surface area contributed by atoms with Crippen molar-refractivity contribution in [1.29, 1.82) is 0 Å². The number of hydrogen-bond acceptors (Lipinski definition) is 4. The van der Waals surface area contributed by atoms with Crippen LogP contribution in [0.4, 0.5) is 0 Å². The highest BCUT2D eigenvalue weighted by molar-refractivity contribution is 5.72. The van der Waals surface area contributed by atoms with Crippen LogP contribution in [-0.4, -0.2) is 34.5 Å². The lowest BCUT2D eigenvalue weighted by Gasteiger charge is -2.31. The van der Waals surface area contributed by atoms with Crippen LogP contribution in [0.2, 0.25) is 0 Å². The van der Waals surface area contributed by atoms with Gasteiger partial charge in [-0.3, -0.25) is 4.98 Å². The summed E-state index contributed by atoms with van der Waals surface area (Å²) in [5.41, 5.74) is 3.03. The summed E-state index contributed by atoms with van der Waals surface area (Å²) in [5.74, 6) is 1.30. The largest absolute Gasteiger partial charge is 0.440 e. The van der Waals surface area contributed by atoms with Crippen molar-refractivity contribution in [1.82, 2.24) is 14.9 Å². The maximum atomic E-state index is 5.97. The minimum absolute atomic E-state index is 0.403. The van der Waals surface area contributed by atoms with Gasteiger partial charge in [-0.2, -0.15) is 0 Å². The third-order valence-electron chi connectivity index (χ3n) is 4.58. The van der Waals surface area contributed by atoms with Crippen molar-refractivity contribution in [2.75, 3.05) is 19.6 Å². The first kappa shape index (κ1) is 14.4.